The molecular formula is C26H32N2O2. The van der Waals surface area contributed by atoms with E-state index in [-0.39, 0.29) is 5.60 Å². The van der Waals surface area contributed by atoms with Gasteiger partial charge in [-0.2, -0.15) is 0 Å². The first-order chi connectivity index (χ1) is 14.7. The molecule has 2 aromatic rings. The van der Waals surface area contributed by atoms with Gasteiger partial charge in [0.15, 0.2) is 0 Å². The van der Waals surface area contributed by atoms with Crippen molar-refractivity contribution in [2.45, 2.75) is 55.7 Å². The van der Waals surface area contributed by atoms with Crippen molar-refractivity contribution in [2.24, 2.45) is 0 Å². The number of nitrogens with one attached hydrogen (secondary N) is 1. The molecule has 3 fully saturated rings. The zero-order chi connectivity index (χ0) is 20.4. The summed E-state index contributed by atoms with van der Waals surface area (Å²) in [6.45, 7) is 4.19. The molecule has 1 N–H and O–H groups in total. The van der Waals surface area contributed by atoms with E-state index in [0.29, 0.717) is 18.0 Å². The van der Waals surface area contributed by atoms with E-state index in [9.17, 15) is 4.79 Å². The van der Waals surface area contributed by atoms with Crippen LogP contribution in [0, 0.1) is 0 Å². The normalized spacial score (nSPS) is 27.9. The third kappa shape index (κ3) is 4.51. The van der Waals surface area contributed by atoms with Gasteiger partial charge in [0.25, 0.3) is 0 Å². The number of aldehydes is 1. The molecule has 3 atom stereocenters. The number of benzene rings is 2. The minimum absolute atomic E-state index is 0.0942. The van der Waals surface area contributed by atoms with E-state index in [1.165, 1.54) is 17.5 Å². The molecule has 2 unspecified atom stereocenters. The predicted octanol–water partition coefficient (Wildman–Crippen LogP) is 3.81. The van der Waals surface area contributed by atoms with Gasteiger partial charge >= 0.3 is 0 Å². The molecule has 0 radical (unpaired) electrons. The number of hydrogen-bond donors (Lipinski definition) is 1. The Morgan fingerprint density at radius 3 is 2.57 bits per heavy atom. The molecule has 158 valence electrons. The SMILES string of the molecule is O=Cc1ccc(CCN2CCC3(CC2)CC(NC2C[C@H]2c2ccccc2)CO3)cc1. The Labute approximate surface area is 179 Å². The quantitative estimate of drug-likeness (QED) is 0.713. The lowest BCUT2D eigenvalue weighted by Crippen LogP contribution is -2.45. The third-order valence-electron chi connectivity index (χ3n) is 7.28. The maximum atomic E-state index is 10.8. The van der Waals surface area contributed by atoms with E-state index >= 15 is 0 Å². The van der Waals surface area contributed by atoms with Crippen LogP contribution in [0.1, 0.15) is 53.1 Å². The van der Waals surface area contributed by atoms with Crippen molar-refractivity contribution in [3.63, 3.8) is 0 Å². The second-order valence-electron chi connectivity index (χ2n) is 9.37. The molecule has 5 rings (SSSR count). The van der Waals surface area contributed by atoms with Crippen LogP contribution in [0.25, 0.3) is 0 Å². The number of piperidine rings is 1. The molecule has 4 nitrogen and oxygen atoms in total. The van der Waals surface area contributed by atoms with Gasteiger partial charge in [0, 0.05) is 43.2 Å². The van der Waals surface area contributed by atoms with Gasteiger partial charge in [-0.1, -0.05) is 54.6 Å². The van der Waals surface area contributed by atoms with Crippen LogP contribution in [-0.4, -0.2) is 55.1 Å². The smallest absolute Gasteiger partial charge is 0.150 e. The lowest BCUT2D eigenvalue weighted by atomic mass is 9.87. The summed E-state index contributed by atoms with van der Waals surface area (Å²) in [4.78, 5) is 13.4. The summed E-state index contributed by atoms with van der Waals surface area (Å²) >= 11 is 0. The van der Waals surface area contributed by atoms with Crippen molar-refractivity contribution in [3.05, 3.63) is 71.3 Å². The minimum Gasteiger partial charge on any atom is -0.373 e. The molecule has 2 aromatic carbocycles. The highest BCUT2D eigenvalue weighted by atomic mass is 16.5. The maximum absolute atomic E-state index is 10.8. The molecule has 0 bridgehead atoms. The fourth-order valence-electron chi connectivity index (χ4n) is 5.28. The third-order valence-corrected chi connectivity index (χ3v) is 7.28. The Morgan fingerprint density at radius 1 is 1.07 bits per heavy atom. The molecule has 3 aliphatic rings. The lowest BCUT2D eigenvalue weighted by Gasteiger charge is -2.38. The van der Waals surface area contributed by atoms with E-state index in [2.05, 4.69) is 52.7 Å². The number of likely N-dealkylation sites (tertiary alicyclic amines) is 1. The average molecular weight is 405 g/mol. The van der Waals surface area contributed by atoms with Crippen LogP contribution < -0.4 is 5.32 Å². The monoisotopic (exact) mass is 404 g/mol. The molecule has 30 heavy (non-hydrogen) atoms. The Bertz CT molecular complexity index is 843. The molecule has 4 heteroatoms. The molecule has 1 spiro atoms. The first-order valence-corrected chi connectivity index (χ1v) is 11.4. The first-order valence-electron chi connectivity index (χ1n) is 11.4. The largest absolute Gasteiger partial charge is 0.373 e. The van der Waals surface area contributed by atoms with E-state index in [1.807, 2.05) is 12.1 Å². The van der Waals surface area contributed by atoms with Gasteiger partial charge in [0.2, 0.25) is 0 Å². The van der Waals surface area contributed by atoms with E-state index in [0.717, 1.165) is 63.8 Å². The number of rotatable bonds is 7. The Hall–Kier alpha value is -2.01. The number of carbonyl (C=O) groups excluding carboxylic acids is 1. The molecular weight excluding hydrogens is 372 g/mol. The zero-order valence-electron chi connectivity index (χ0n) is 17.6. The van der Waals surface area contributed by atoms with Gasteiger partial charge < -0.3 is 15.0 Å². The van der Waals surface area contributed by atoms with Crippen molar-refractivity contribution in [1.82, 2.24) is 10.2 Å². The van der Waals surface area contributed by atoms with Crippen molar-refractivity contribution >= 4 is 6.29 Å². The van der Waals surface area contributed by atoms with Crippen LogP contribution in [0.3, 0.4) is 0 Å². The molecule has 1 saturated carbocycles. The molecule has 0 aromatic heterocycles. The summed E-state index contributed by atoms with van der Waals surface area (Å²) in [5, 5.41) is 3.88. The molecule has 2 heterocycles. The van der Waals surface area contributed by atoms with Crippen molar-refractivity contribution < 1.29 is 9.53 Å². The van der Waals surface area contributed by atoms with E-state index in [4.69, 9.17) is 4.74 Å². The summed E-state index contributed by atoms with van der Waals surface area (Å²) in [7, 11) is 0. The number of carbonyl (C=O) groups is 1. The number of ether oxygens (including phenoxy) is 1. The summed E-state index contributed by atoms with van der Waals surface area (Å²) in [5.41, 5.74) is 3.62. The van der Waals surface area contributed by atoms with Crippen molar-refractivity contribution in [1.29, 1.82) is 0 Å². The van der Waals surface area contributed by atoms with Gasteiger partial charge in [0.1, 0.15) is 6.29 Å². The zero-order valence-corrected chi connectivity index (χ0v) is 17.6. The van der Waals surface area contributed by atoms with Crippen LogP contribution >= 0.6 is 0 Å². The Balaban J connectivity index is 1.05. The van der Waals surface area contributed by atoms with Crippen LogP contribution in [0.15, 0.2) is 54.6 Å². The van der Waals surface area contributed by atoms with Crippen LogP contribution in [0.5, 0.6) is 0 Å². The first kappa shape index (κ1) is 19.9. The molecule has 2 saturated heterocycles. The van der Waals surface area contributed by atoms with Gasteiger partial charge in [-0.25, -0.2) is 0 Å². The highest BCUT2D eigenvalue weighted by Crippen LogP contribution is 2.43. The lowest BCUT2D eigenvalue weighted by molar-refractivity contribution is -0.0432. The van der Waals surface area contributed by atoms with Gasteiger partial charge in [0.05, 0.1) is 12.2 Å². The topological polar surface area (TPSA) is 41.6 Å². The van der Waals surface area contributed by atoms with Gasteiger partial charge in [-0.3, -0.25) is 4.79 Å². The fraction of sp³-hybridized carbons (Fsp3) is 0.500. The second kappa shape index (κ2) is 8.62. The summed E-state index contributed by atoms with van der Waals surface area (Å²) in [6.07, 6.45) is 6.65. The number of hydrogen-bond acceptors (Lipinski definition) is 4. The summed E-state index contributed by atoms with van der Waals surface area (Å²) in [5.74, 6) is 0.685. The predicted molar refractivity (Wildman–Crippen MR) is 119 cm³/mol. The molecule has 1 aliphatic carbocycles. The van der Waals surface area contributed by atoms with Crippen molar-refractivity contribution in [3.8, 4) is 0 Å². The average Bonchev–Trinajstić information content (AvgIpc) is 3.46. The highest BCUT2D eigenvalue weighted by Gasteiger charge is 2.46. The minimum atomic E-state index is 0.0942. The summed E-state index contributed by atoms with van der Waals surface area (Å²) in [6, 6.07) is 20.0. The van der Waals surface area contributed by atoms with Crippen LogP contribution in [0.4, 0.5) is 0 Å². The van der Waals surface area contributed by atoms with Crippen LogP contribution in [-0.2, 0) is 11.2 Å². The Morgan fingerprint density at radius 2 is 1.83 bits per heavy atom. The van der Waals surface area contributed by atoms with Gasteiger partial charge in [-0.05, 0) is 43.2 Å². The molecule has 0 amide bonds. The van der Waals surface area contributed by atoms with Gasteiger partial charge in [-0.15, -0.1) is 0 Å². The second-order valence-corrected chi connectivity index (χ2v) is 9.37. The number of nitrogens with zero attached hydrogens (tertiary/aromatic N) is 1. The molecule has 2 aliphatic heterocycles. The summed E-state index contributed by atoms with van der Waals surface area (Å²) < 4.78 is 6.38. The highest BCUT2D eigenvalue weighted by molar-refractivity contribution is 5.74. The Kier molecular flexibility index (Phi) is 5.72. The van der Waals surface area contributed by atoms with Crippen molar-refractivity contribution in [2.75, 3.05) is 26.2 Å². The van der Waals surface area contributed by atoms with Crippen LogP contribution in [0.2, 0.25) is 0 Å². The fourth-order valence-corrected chi connectivity index (χ4v) is 5.28. The maximum Gasteiger partial charge on any atom is 0.150 e. The standard InChI is InChI=1S/C26H32N2O2/c29-18-21-8-6-20(7-9-21)10-13-28-14-11-26(12-15-28)17-23(19-30-26)27-25-16-24(25)22-4-2-1-3-5-22/h1-9,18,23-25,27H,10-17,19H2/t23?,24-,25?/m0/s1. The van der Waals surface area contributed by atoms with E-state index < -0.39 is 0 Å². The van der Waals surface area contributed by atoms with E-state index in [1.54, 1.807) is 0 Å².